The molecule has 0 aliphatic heterocycles. The van der Waals surface area contributed by atoms with Crippen molar-refractivity contribution in [2.24, 2.45) is 0 Å². The van der Waals surface area contributed by atoms with Crippen LogP contribution in [-0.2, 0) is 9.59 Å². The molecule has 1 rings (SSSR count). The largest absolute Gasteiger partial charge is 0.479 e. The lowest BCUT2D eigenvalue weighted by Gasteiger charge is -2.18. The Labute approximate surface area is 104 Å². The molecule has 82 valence electrons. The Morgan fingerprint density at radius 3 is 2.73 bits per heavy atom. The van der Waals surface area contributed by atoms with Gasteiger partial charge in [-0.1, -0.05) is 11.6 Å². The summed E-state index contributed by atoms with van der Waals surface area (Å²) in [7, 11) is 1.41. The maximum absolute atomic E-state index is 11.0. The van der Waals surface area contributed by atoms with Gasteiger partial charge in [-0.2, -0.15) is 0 Å². The quantitative estimate of drug-likeness (QED) is 0.868. The van der Waals surface area contributed by atoms with Gasteiger partial charge in [0, 0.05) is 16.4 Å². The minimum absolute atomic E-state index is 0.468. The van der Waals surface area contributed by atoms with Gasteiger partial charge in [0.1, 0.15) is 4.34 Å². The molecule has 0 radical (unpaired) electrons. The van der Waals surface area contributed by atoms with Crippen LogP contribution in [0.2, 0.25) is 4.34 Å². The predicted molar refractivity (Wildman–Crippen MR) is 61.2 cm³/mol. The summed E-state index contributed by atoms with van der Waals surface area (Å²) in [5.74, 6) is -1.09. The van der Waals surface area contributed by atoms with Crippen LogP contribution in [0.5, 0.6) is 0 Å². The monoisotopic (exact) mass is 311 g/mol. The first-order chi connectivity index (χ1) is 6.97. The molecule has 0 aromatic carbocycles. The van der Waals surface area contributed by atoms with Crippen LogP contribution in [0.4, 0.5) is 0 Å². The van der Waals surface area contributed by atoms with Gasteiger partial charge in [-0.15, -0.1) is 11.3 Å². The van der Waals surface area contributed by atoms with E-state index in [4.69, 9.17) is 16.7 Å². The van der Waals surface area contributed by atoms with Crippen molar-refractivity contribution in [3.05, 3.63) is 19.8 Å². The van der Waals surface area contributed by atoms with E-state index < -0.39 is 12.0 Å². The summed E-state index contributed by atoms with van der Waals surface area (Å²) in [6.45, 7) is 0. The molecule has 0 saturated heterocycles. The zero-order valence-electron chi connectivity index (χ0n) is 7.61. The number of thiophene rings is 1. The van der Waals surface area contributed by atoms with Crippen LogP contribution in [0.1, 0.15) is 10.9 Å². The molecule has 0 fully saturated rings. The maximum atomic E-state index is 11.0. The van der Waals surface area contributed by atoms with Gasteiger partial charge >= 0.3 is 5.97 Å². The number of carboxylic acids is 1. The van der Waals surface area contributed by atoms with Crippen LogP contribution in [0, 0.1) is 0 Å². The average molecular weight is 313 g/mol. The van der Waals surface area contributed by atoms with Crippen LogP contribution in [0.3, 0.4) is 0 Å². The molecule has 1 N–H and O–H groups in total. The van der Waals surface area contributed by atoms with Gasteiger partial charge < -0.3 is 10.0 Å². The lowest BCUT2D eigenvalue weighted by Crippen LogP contribution is -2.28. The maximum Gasteiger partial charge on any atom is 0.331 e. The van der Waals surface area contributed by atoms with E-state index in [0.29, 0.717) is 20.1 Å². The first-order valence-electron chi connectivity index (χ1n) is 3.82. The zero-order valence-corrected chi connectivity index (χ0v) is 10.8. The Balaban J connectivity index is 3.09. The molecule has 1 unspecified atom stereocenters. The van der Waals surface area contributed by atoms with E-state index in [1.54, 1.807) is 6.07 Å². The summed E-state index contributed by atoms with van der Waals surface area (Å²) in [4.78, 5) is 23.1. The highest BCUT2D eigenvalue weighted by Crippen LogP contribution is 2.36. The van der Waals surface area contributed by atoms with E-state index in [0.717, 1.165) is 16.2 Å². The van der Waals surface area contributed by atoms with Crippen LogP contribution < -0.4 is 0 Å². The standard InChI is InChI=1S/C8H7BrClNO3S/c1-11(3-12)6(8(13)14)5-2-4(9)7(10)15-5/h2-3,6H,1H3,(H,13,14). The molecular weight excluding hydrogens is 306 g/mol. The normalized spacial score (nSPS) is 12.2. The second-order valence-electron chi connectivity index (χ2n) is 2.78. The number of hydrogen-bond acceptors (Lipinski definition) is 3. The number of carboxylic acid groups (broad SMARTS) is 1. The van der Waals surface area contributed by atoms with Crippen molar-refractivity contribution in [2.45, 2.75) is 6.04 Å². The van der Waals surface area contributed by atoms with Crippen LogP contribution in [0.15, 0.2) is 10.5 Å². The highest BCUT2D eigenvalue weighted by molar-refractivity contribution is 9.10. The number of halogens is 2. The predicted octanol–water partition coefficient (Wildman–Crippen LogP) is 2.38. The summed E-state index contributed by atoms with van der Waals surface area (Å²) in [5.41, 5.74) is 0. The summed E-state index contributed by atoms with van der Waals surface area (Å²) in [5, 5.41) is 8.98. The summed E-state index contributed by atoms with van der Waals surface area (Å²) in [6.07, 6.45) is 0.473. The average Bonchev–Trinajstić information content (AvgIpc) is 2.46. The SMILES string of the molecule is CN(C=O)C(C(=O)O)c1cc(Br)c(Cl)s1. The van der Waals surface area contributed by atoms with E-state index in [1.165, 1.54) is 7.05 Å². The molecule has 0 aliphatic carbocycles. The number of nitrogens with zero attached hydrogens (tertiary/aromatic N) is 1. The topological polar surface area (TPSA) is 57.6 Å². The number of aliphatic carboxylic acids is 1. The molecule has 1 heterocycles. The lowest BCUT2D eigenvalue weighted by atomic mass is 10.2. The van der Waals surface area contributed by atoms with Gasteiger partial charge in [0.15, 0.2) is 6.04 Å². The third-order valence-corrected chi connectivity index (χ3v) is 4.27. The summed E-state index contributed by atoms with van der Waals surface area (Å²) >= 11 is 10.1. The van der Waals surface area contributed by atoms with E-state index in [-0.39, 0.29) is 0 Å². The summed E-state index contributed by atoms with van der Waals surface area (Å²) < 4.78 is 1.10. The Morgan fingerprint density at radius 2 is 2.40 bits per heavy atom. The van der Waals surface area contributed by atoms with Gasteiger partial charge in [-0.25, -0.2) is 4.79 Å². The molecule has 7 heteroatoms. The highest BCUT2D eigenvalue weighted by atomic mass is 79.9. The molecule has 1 aromatic rings. The number of hydrogen-bond donors (Lipinski definition) is 1. The Hall–Kier alpha value is -0.590. The van der Waals surface area contributed by atoms with Crippen molar-refractivity contribution < 1.29 is 14.7 Å². The molecule has 0 bridgehead atoms. The lowest BCUT2D eigenvalue weighted by molar-refractivity contribution is -0.145. The van der Waals surface area contributed by atoms with E-state index in [1.807, 2.05) is 0 Å². The Bertz CT molecular complexity index is 376. The molecular formula is C8H7BrClNO3S. The van der Waals surface area contributed by atoms with Crippen molar-refractivity contribution in [1.82, 2.24) is 4.90 Å². The van der Waals surface area contributed by atoms with Crippen molar-refractivity contribution in [3.63, 3.8) is 0 Å². The van der Waals surface area contributed by atoms with Crippen LogP contribution in [0.25, 0.3) is 0 Å². The highest BCUT2D eigenvalue weighted by Gasteiger charge is 2.26. The molecule has 0 aliphatic rings. The molecule has 1 aromatic heterocycles. The van der Waals surface area contributed by atoms with E-state index in [2.05, 4.69) is 15.9 Å². The minimum Gasteiger partial charge on any atom is -0.479 e. The third kappa shape index (κ3) is 2.70. The Morgan fingerprint density at radius 1 is 1.80 bits per heavy atom. The number of likely N-dealkylation sites (N-methyl/N-ethyl adjacent to an activating group) is 1. The fraction of sp³-hybridized carbons (Fsp3) is 0.250. The second-order valence-corrected chi connectivity index (χ2v) is 5.32. The molecule has 0 spiro atoms. The molecule has 0 saturated carbocycles. The number of amides is 1. The second kappa shape index (κ2) is 4.96. The van der Waals surface area contributed by atoms with E-state index >= 15 is 0 Å². The summed E-state index contributed by atoms with van der Waals surface area (Å²) in [6, 6.07) is 0.613. The zero-order chi connectivity index (χ0) is 11.6. The number of rotatable bonds is 4. The fourth-order valence-corrected chi connectivity index (χ4v) is 2.94. The Kier molecular flexibility index (Phi) is 4.12. The first kappa shape index (κ1) is 12.5. The van der Waals surface area contributed by atoms with Gasteiger partial charge in [0.25, 0.3) is 0 Å². The molecule has 1 atom stereocenters. The third-order valence-electron chi connectivity index (χ3n) is 1.74. The first-order valence-corrected chi connectivity index (χ1v) is 5.81. The number of carbonyl (C=O) groups excluding carboxylic acids is 1. The molecule has 1 amide bonds. The van der Waals surface area contributed by atoms with Gasteiger partial charge in [-0.3, -0.25) is 4.79 Å². The molecule has 4 nitrogen and oxygen atoms in total. The van der Waals surface area contributed by atoms with Gasteiger partial charge in [0.05, 0.1) is 0 Å². The van der Waals surface area contributed by atoms with Crippen molar-refractivity contribution in [1.29, 1.82) is 0 Å². The van der Waals surface area contributed by atoms with Crippen LogP contribution in [-0.4, -0.2) is 29.4 Å². The smallest absolute Gasteiger partial charge is 0.331 e. The molecule has 15 heavy (non-hydrogen) atoms. The minimum atomic E-state index is -1.09. The number of carbonyl (C=O) groups is 2. The van der Waals surface area contributed by atoms with Gasteiger partial charge in [0.2, 0.25) is 6.41 Å². The van der Waals surface area contributed by atoms with Crippen molar-refractivity contribution in [2.75, 3.05) is 7.05 Å². The van der Waals surface area contributed by atoms with Gasteiger partial charge in [-0.05, 0) is 22.0 Å². The van der Waals surface area contributed by atoms with E-state index in [9.17, 15) is 9.59 Å². The fourth-order valence-electron chi connectivity index (χ4n) is 1.06. The van der Waals surface area contributed by atoms with Crippen molar-refractivity contribution in [3.8, 4) is 0 Å². The van der Waals surface area contributed by atoms with Crippen molar-refractivity contribution >= 4 is 51.2 Å². The van der Waals surface area contributed by atoms with Crippen LogP contribution >= 0.6 is 38.9 Å².